The van der Waals surface area contributed by atoms with Gasteiger partial charge in [0.15, 0.2) is 0 Å². The largest absolute Gasteiger partial charge is 0.472 e. The molecular formula is C81H138N2O7P+. The molecule has 1 amide bonds. The van der Waals surface area contributed by atoms with E-state index in [4.69, 9.17) is 13.8 Å². The molecule has 0 aliphatic rings. The molecule has 0 spiro atoms. The smallest absolute Gasteiger partial charge is 0.456 e. The fourth-order valence-electron chi connectivity index (χ4n) is 9.89. The van der Waals surface area contributed by atoms with Crippen molar-refractivity contribution >= 4 is 19.7 Å². The Morgan fingerprint density at radius 2 is 0.703 bits per heavy atom. The summed E-state index contributed by atoms with van der Waals surface area (Å²) in [7, 11) is 1.46. The minimum absolute atomic E-state index is 0.0285. The molecule has 0 rings (SSSR count). The zero-order valence-electron chi connectivity index (χ0n) is 59.3. The van der Waals surface area contributed by atoms with Crippen molar-refractivity contribution in [3.63, 3.8) is 0 Å². The number of likely N-dealkylation sites (N-methyl/N-ethyl adjacent to an activating group) is 1. The number of esters is 1. The summed E-state index contributed by atoms with van der Waals surface area (Å²) in [6, 6.07) is -0.870. The zero-order chi connectivity index (χ0) is 66.3. The predicted molar refractivity (Wildman–Crippen MR) is 396 cm³/mol. The van der Waals surface area contributed by atoms with Gasteiger partial charge >= 0.3 is 13.8 Å². The van der Waals surface area contributed by atoms with Crippen molar-refractivity contribution in [2.75, 3.05) is 40.9 Å². The first-order chi connectivity index (χ1) is 44.4. The van der Waals surface area contributed by atoms with Crippen molar-refractivity contribution < 1.29 is 37.3 Å². The van der Waals surface area contributed by atoms with Crippen LogP contribution in [0, 0.1) is 0 Å². The number of phosphoric ester groups is 1. The molecule has 3 unspecified atom stereocenters. The summed E-state index contributed by atoms with van der Waals surface area (Å²) in [4.78, 5) is 37.9. The van der Waals surface area contributed by atoms with E-state index in [1.807, 2.05) is 33.3 Å². The van der Waals surface area contributed by atoms with Gasteiger partial charge in [0.2, 0.25) is 5.91 Å². The number of nitrogens with zero attached hydrogens (tertiary/aromatic N) is 1. The summed E-state index contributed by atoms with van der Waals surface area (Å²) < 4.78 is 30.8. The number of carbonyl (C=O) groups excluding carboxylic acids is 2. The molecule has 9 nitrogen and oxygen atoms in total. The average molecular weight is 1280 g/mol. The van der Waals surface area contributed by atoms with E-state index in [0.717, 1.165) is 161 Å². The molecule has 0 fully saturated rings. The standard InChI is InChI=1S/C81H137N2O7P/c1-7-10-13-16-19-22-25-27-29-31-33-35-37-39-41-43-45-47-49-51-53-55-58-61-64-67-70-73-80(84)82-78(77-89-91(86,87)88-76-75-83(4,5)6)79(72-69-66-63-60-57-24-21-18-15-12-9-3)90-81(85)74-71-68-65-62-59-56-54-52-50-48-46-44-42-40-38-36-34-32-30-28-26-23-20-17-14-11-8-2/h10-11,13-14,19-20,22-23,27-30,33-36,39-42,45-48,69,72,78-79H,7-9,12,15-18,21,24-26,31-32,37-38,43-44,49-68,70-71,73-77H2,1-6H3,(H-,82,84,86,87)/p+1/b13-10-,14-11-,22-19-,23-20-,29-27-,30-28-,35-33-,36-34-,41-39-,42-40-,47-45-,48-46-,72-69+. The van der Waals surface area contributed by atoms with Crippen LogP contribution in [0.1, 0.15) is 290 Å². The van der Waals surface area contributed by atoms with Crippen molar-refractivity contribution in [1.29, 1.82) is 0 Å². The predicted octanol–water partition coefficient (Wildman–Crippen LogP) is 23.9. The van der Waals surface area contributed by atoms with E-state index in [0.29, 0.717) is 17.4 Å². The summed E-state index contributed by atoms with van der Waals surface area (Å²) in [6.07, 6.45) is 101. The van der Waals surface area contributed by atoms with Crippen LogP contribution in [0.2, 0.25) is 0 Å². The van der Waals surface area contributed by atoms with Gasteiger partial charge in [-0.1, -0.05) is 301 Å². The topological polar surface area (TPSA) is 111 Å². The molecule has 0 heterocycles. The van der Waals surface area contributed by atoms with Crippen LogP contribution in [0.25, 0.3) is 0 Å². The van der Waals surface area contributed by atoms with Crippen LogP contribution < -0.4 is 5.32 Å². The molecule has 0 aliphatic heterocycles. The second kappa shape index (κ2) is 68.5. The number of nitrogens with one attached hydrogen (secondary N) is 1. The van der Waals surface area contributed by atoms with E-state index in [9.17, 15) is 19.0 Å². The molecule has 3 atom stereocenters. The lowest BCUT2D eigenvalue weighted by atomic mass is 10.0. The highest BCUT2D eigenvalue weighted by molar-refractivity contribution is 7.47. The number of hydrogen-bond donors (Lipinski definition) is 2. The van der Waals surface area contributed by atoms with E-state index < -0.39 is 20.0 Å². The fraction of sp³-hybridized carbons (Fsp3) is 0.654. The minimum atomic E-state index is -4.47. The highest BCUT2D eigenvalue weighted by Crippen LogP contribution is 2.43. The SMILES string of the molecule is CC/C=C\C/C=C\C/C=C\C/C=C\C/C=C\C/C=C\CCCCCCCCCCC(=O)NC(COP(=O)(O)OCC[N+](C)(C)C)C(/C=C/CCCCCCCCCCC)OC(=O)CCCCCCCCCC/C=C\C/C=C\C/C=C\C/C=C\C/C=C\C/C=C\CC. The number of quaternary nitrogens is 1. The Hall–Kier alpha value is -4.37. The number of allylic oxidation sites excluding steroid dienone is 25. The first-order valence-electron chi connectivity index (χ1n) is 36.8. The summed E-state index contributed by atoms with van der Waals surface area (Å²) in [6.45, 7) is 6.76. The van der Waals surface area contributed by atoms with Gasteiger partial charge in [-0.05, 0) is 134 Å². The van der Waals surface area contributed by atoms with Crippen LogP contribution in [-0.2, 0) is 27.9 Å². The average Bonchev–Trinajstić information content (AvgIpc) is 3.08. The molecule has 91 heavy (non-hydrogen) atoms. The lowest BCUT2D eigenvalue weighted by Crippen LogP contribution is -2.47. The van der Waals surface area contributed by atoms with E-state index in [1.54, 1.807) is 0 Å². The van der Waals surface area contributed by atoms with Gasteiger partial charge in [0.25, 0.3) is 0 Å². The summed E-state index contributed by atoms with van der Waals surface area (Å²) in [5.74, 6) is -0.532. The number of unbranched alkanes of at least 4 members (excludes halogenated alkanes) is 25. The Morgan fingerprint density at radius 3 is 1.05 bits per heavy atom. The van der Waals surface area contributed by atoms with Gasteiger partial charge in [0, 0.05) is 12.8 Å². The first kappa shape index (κ1) is 86.6. The van der Waals surface area contributed by atoms with Gasteiger partial charge in [0.05, 0.1) is 33.8 Å². The summed E-state index contributed by atoms with van der Waals surface area (Å²) >= 11 is 0. The molecule has 0 saturated carbocycles. The van der Waals surface area contributed by atoms with Crippen molar-refractivity contribution in [3.05, 3.63) is 158 Å². The van der Waals surface area contributed by atoms with Crippen LogP contribution in [0.5, 0.6) is 0 Å². The third kappa shape index (κ3) is 69.8. The normalized spacial score (nSPS) is 14.4. The van der Waals surface area contributed by atoms with E-state index in [1.165, 1.54) is 96.3 Å². The minimum Gasteiger partial charge on any atom is -0.456 e. The van der Waals surface area contributed by atoms with Crippen LogP contribution in [0.15, 0.2) is 158 Å². The summed E-state index contributed by atoms with van der Waals surface area (Å²) in [5.41, 5.74) is 0. The Morgan fingerprint density at radius 1 is 0.396 bits per heavy atom. The van der Waals surface area contributed by atoms with Gasteiger partial charge < -0.3 is 19.4 Å². The van der Waals surface area contributed by atoms with Crippen LogP contribution >= 0.6 is 7.82 Å². The lowest BCUT2D eigenvalue weighted by Gasteiger charge is -2.27. The van der Waals surface area contributed by atoms with Crippen LogP contribution in [0.4, 0.5) is 0 Å². The monoisotopic (exact) mass is 1280 g/mol. The van der Waals surface area contributed by atoms with Gasteiger partial charge in [-0.3, -0.25) is 18.6 Å². The van der Waals surface area contributed by atoms with Crippen molar-refractivity contribution in [1.82, 2.24) is 5.32 Å². The number of carbonyl (C=O) groups is 2. The Bertz CT molecular complexity index is 2120. The number of rotatable bonds is 65. The highest BCUT2D eigenvalue weighted by Gasteiger charge is 2.30. The molecule has 0 bridgehead atoms. The van der Waals surface area contributed by atoms with Crippen molar-refractivity contribution in [2.24, 2.45) is 0 Å². The number of amides is 1. The van der Waals surface area contributed by atoms with Crippen LogP contribution in [-0.4, -0.2) is 74.3 Å². The second-order valence-corrected chi connectivity index (χ2v) is 26.8. The number of hydrogen-bond acceptors (Lipinski definition) is 6. The molecule has 0 aromatic carbocycles. The molecule has 0 saturated heterocycles. The van der Waals surface area contributed by atoms with Crippen LogP contribution in [0.3, 0.4) is 0 Å². The zero-order valence-corrected chi connectivity index (χ0v) is 60.2. The van der Waals surface area contributed by atoms with Crippen molar-refractivity contribution in [2.45, 2.75) is 303 Å². The third-order valence-electron chi connectivity index (χ3n) is 15.5. The molecule has 0 radical (unpaired) electrons. The lowest BCUT2D eigenvalue weighted by molar-refractivity contribution is -0.870. The highest BCUT2D eigenvalue weighted by atomic mass is 31.2. The molecule has 0 aliphatic carbocycles. The van der Waals surface area contributed by atoms with Gasteiger partial charge in [-0.2, -0.15) is 0 Å². The van der Waals surface area contributed by atoms with Crippen molar-refractivity contribution in [3.8, 4) is 0 Å². The van der Waals surface area contributed by atoms with Gasteiger partial charge in [-0.15, -0.1) is 0 Å². The van der Waals surface area contributed by atoms with E-state index in [2.05, 4.69) is 172 Å². The maximum absolute atomic E-state index is 13.6. The third-order valence-corrected chi connectivity index (χ3v) is 16.4. The molecular weight excluding hydrogens is 1140 g/mol. The van der Waals surface area contributed by atoms with E-state index in [-0.39, 0.29) is 31.5 Å². The van der Waals surface area contributed by atoms with E-state index >= 15 is 0 Å². The first-order valence-corrected chi connectivity index (χ1v) is 38.3. The molecule has 518 valence electrons. The Labute approximate surface area is 560 Å². The molecule has 2 N–H and O–H groups in total. The fourth-order valence-corrected chi connectivity index (χ4v) is 10.6. The maximum Gasteiger partial charge on any atom is 0.472 e. The quantitative estimate of drug-likeness (QED) is 0.0205. The molecule has 0 aromatic rings. The number of phosphoric acid groups is 1. The number of ether oxygens (including phenoxy) is 1. The Balaban J connectivity index is 5.05. The van der Waals surface area contributed by atoms with Gasteiger partial charge in [-0.25, -0.2) is 4.57 Å². The molecule has 0 aromatic heterocycles. The molecule has 10 heteroatoms. The van der Waals surface area contributed by atoms with Gasteiger partial charge in [0.1, 0.15) is 19.3 Å². The Kier molecular flexibility index (Phi) is 65.2. The second-order valence-electron chi connectivity index (χ2n) is 25.3. The maximum atomic E-state index is 13.6. The summed E-state index contributed by atoms with van der Waals surface area (Å²) in [5, 5.41) is 3.06.